The number of hydrogen-bond acceptors (Lipinski definition) is 8. The number of nitrogens with one attached hydrogen (secondary N) is 2. The molecule has 11 nitrogen and oxygen atoms in total. The zero-order valence-electron chi connectivity index (χ0n) is 25.1. The highest BCUT2D eigenvalue weighted by atomic mass is 19.3. The topological polar surface area (TPSA) is 123 Å². The van der Waals surface area contributed by atoms with E-state index in [1.165, 1.54) is 7.05 Å². The van der Waals surface area contributed by atoms with Crippen LogP contribution in [0.2, 0.25) is 0 Å². The fraction of sp³-hybridized carbons (Fsp3) is 0.387. The monoisotopic (exact) mass is 607 g/mol. The lowest BCUT2D eigenvalue weighted by molar-refractivity contribution is -0.122. The van der Waals surface area contributed by atoms with E-state index in [4.69, 9.17) is 9.47 Å². The molecule has 0 bridgehead atoms. The average Bonchev–Trinajstić information content (AvgIpc) is 3.44. The number of likely N-dealkylation sites (tertiary alicyclic amines) is 1. The second kappa shape index (κ2) is 12.1. The van der Waals surface area contributed by atoms with Gasteiger partial charge in [-0.1, -0.05) is 30.0 Å². The Labute approximate surface area is 253 Å². The summed E-state index contributed by atoms with van der Waals surface area (Å²) in [5.41, 5.74) is 2.92. The number of anilines is 2. The number of amides is 2. The van der Waals surface area contributed by atoms with Gasteiger partial charge in [0.1, 0.15) is 16.8 Å². The first kappa shape index (κ1) is 30.6. The van der Waals surface area contributed by atoms with Crippen LogP contribution in [0.15, 0.2) is 66.0 Å². The zero-order valence-corrected chi connectivity index (χ0v) is 25.1. The first-order chi connectivity index (χ1) is 20.9. The summed E-state index contributed by atoms with van der Waals surface area (Å²) in [6, 6.07) is 12.7. The lowest BCUT2D eigenvalue weighted by atomic mass is 9.84. The van der Waals surface area contributed by atoms with Crippen LogP contribution in [0.25, 0.3) is 11.3 Å². The standard InChI is InChI=1S/C31H35F2N7O4/c1-19(26(32)33)43-27(34-5)21-8-6-20(7-9-21)17-40-18-25(37-38-40)22-10-11-23-24(16-22)36-31(28(41)35-23)12-14-39(15-13-31)29(42)44-30(2,3)4/h6-11,16,18,26,36H,1,12-15,17H2,2-5H3,(H,35,41). The maximum Gasteiger partial charge on any atom is 0.410 e. The number of allylic oxidation sites excluding steroid dienone is 1. The molecule has 1 fully saturated rings. The molecule has 2 N–H and O–H groups in total. The minimum Gasteiger partial charge on any atom is -0.444 e. The number of carbonyl (C=O) groups is 2. The van der Waals surface area contributed by atoms with Crippen molar-refractivity contribution in [3.63, 3.8) is 0 Å². The maximum absolute atomic E-state index is 13.1. The second-order valence-electron chi connectivity index (χ2n) is 11.8. The molecular formula is C31H35F2N7O4. The van der Waals surface area contributed by atoms with Crippen LogP contribution >= 0.6 is 0 Å². The van der Waals surface area contributed by atoms with Crippen LogP contribution in [0.3, 0.4) is 0 Å². The first-order valence-electron chi connectivity index (χ1n) is 14.2. The number of rotatable bonds is 6. The minimum absolute atomic E-state index is 0.0532. The molecule has 0 saturated carbocycles. The van der Waals surface area contributed by atoms with E-state index in [2.05, 4.69) is 32.5 Å². The Bertz CT molecular complexity index is 1590. The number of hydrogen-bond donors (Lipinski definition) is 2. The van der Waals surface area contributed by atoms with Crippen molar-refractivity contribution in [3.8, 4) is 11.3 Å². The van der Waals surface area contributed by atoms with Crippen LogP contribution in [0.5, 0.6) is 0 Å². The normalized spacial score (nSPS) is 16.3. The lowest BCUT2D eigenvalue weighted by Gasteiger charge is -2.44. The minimum atomic E-state index is -2.80. The van der Waals surface area contributed by atoms with Crippen molar-refractivity contribution in [3.05, 3.63) is 72.1 Å². The molecule has 13 heteroatoms. The van der Waals surface area contributed by atoms with Crippen LogP contribution in [0.1, 0.15) is 44.7 Å². The number of halogens is 2. The number of aliphatic imine (C=N–C) groups is 1. The Kier molecular flexibility index (Phi) is 8.40. The van der Waals surface area contributed by atoms with Gasteiger partial charge in [0.25, 0.3) is 6.43 Å². The molecule has 2 aromatic carbocycles. The fourth-order valence-corrected chi connectivity index (χ4v) is 5.07. The van der Waals surface area contributed by atoms with Gasteiger partial charge in [0.05, 0.1) is 24.1 Å². The molecule has 3 heterocycles. The quantitative estimate of drug-likeness (QED) is 0.222. The van der Waals surface area contributed by atoms with E-state index in [1.807, 2.05) is 57.3 Å². The van der Waals surface area contributed by atoms with Crippen molar-refractivity contribution >= 4 is 29.3 Å². The largest absolute Gasteiger partial charge is 0.444 e. The Morgan fingerprint density at radius 3 is 2.48 bits per heavy atom. The van der Waals surface area contributed by atoms with Crippen molar-refractivity contribution in [1.29, 1.82) is 0 Å². The molecular weight excluding hydrogens is 572 g/mol. The van der Waals surface area contributed by atoms with E-state index in [0.29, 0.717) is 49.4 Å². The molecule has 0 unspecified atom stereocenters. The van der Waals surface area contributed by atoms with E-state index in [0.717, 1.165) is 16.8 Å². The lowest BCUT2D eigenvalue weighted by Crippen LogP contribution is -2.59. The summed E-state index contributed by atoms with van der Waals surface area (Å²) in [7, 11) is 1.46. The molecule has 1 aromatic heterocycles. The van der Waals surface area contributed by atoms with Gasteiger partial charge in [-0.2, -0.15) is 0 Å². The van der Waals surface area contributed by atoms with Gasteiger partial charge < -0.3 is 25.0 Å². The van der Waals surface area contributed by atoms with Crippen LogP contribution < -0.4 is 10.6 Å². The van der Waals surface area contributed by atoms with Crippen molar-refractivity contribution in [2.75, 3.05) is 30.8 Å². The van der Waals surface area contributed by atoms with Crippen molar-refractivity contribution in [2.45, 2.75) is 57.7 Å². The predicted octanol–water partition coefficient (Wildman–Crippen LogP) is 5.30. The fourth-order valence-electron chi connectivity index (χ4n) is 5.07. The Morgan fingerprint density at radius 1 is 1.14 bits per heavy atom. The van der Waals surface area contributed by atoms with E-state index in [-0.39, 0.29) is 17.9 Å². The van der Waals surface area contributed by atoms with Crippen LogP contribution in [0.4, 0.5) is 25.0 Å². The SMILES string of the molecule is C=C(OC(=NC)c1ccc(Cn2cc(-c3ccc4c(c3)NC3(CCN(C(=O)OC(C)(C)C)CC3)C(=O)N4)nn2)cc1)C(F)F. The van der Waals surface area contributed by atoms with Gasteiger partial charge in [-0.25, -0.2) is 18.3 Å². The summed E-state index contributed by atoms with van der Waals surface area (Å²) in [5, 5.41) is 15.1. The molecule has 5 rings (SSSR count). The number of nitrogens with zero attached hydrogens (tertiary/aromatic N) is 5. The number of aromatic nitrogens is 3. The maximum atomic E-state index is 13.1. The zero-order chi connectivity index (χ0) is 31.6. The summed E-state index contributed by atoms with van der Waals surface area (Å²) in [4.78, 5) is 31.2. The van der Waals surface area contributed by atoms with Crippen molar-refractivity contribution < 1.29 is 27.8 Å². The third kappa shape index (κ3) is 6.71. The highest BCUT2D eigenvalue weighted by Crippen LogP contribution is 2.38. The van der Waals surface area contributed by atoms with Crippen molar-refractivity contribution in [1.82, 2.24) is 19.9 Å². The van der Waals surface area contributed by atoms with Gasteiger partial charge in [-0.3, -0.25) is 9.79 Å². The molecule has 232 valence electrons. The summed E-state index contributed by atoms with van der Waals surface area (Å²) < 4.78 is 37.9. The Morgan fingerprint density at radius 2 is 1.84 bits per heavy atom. The van der Waals surface area contributed by atoms with Crippen LogP contribution in [-0.4, -0.2) is 75.5 Å². The summed E-state index contributed by atoms with van der Waals surface area (Å²) in [6.45, 7) is 9.91. The molecule has 3 aromatic rings. The summed E-state index contributed by atoms with van der Waals surface area (Å²) in [6.07, 6.45) is -0.483. The molecule has 1 saturated heterocycles. The molecule has 1 spiro atoms. The number of alkyl halides is 2. The predicted molar refractivity (Wildman–Crippen MR) is 162 cm³/mol. The van der Waals surface area contributed by atoms with Crippen molar-refractivity contribution in [2.24, 2.45) is 4.99 Å². The molecule has 0 radical (unpaired) electrons. The number of ether oxygens (including phenoxy) is 2. The first-order valence-corrected chi connectivity index (χ1v) is 14.2. The summed E-state index contributed by atoms with van der Waals surface area (Å²) in [5.74, 6) is -0.734. The highest BCUT2D eigenvalue weighted by molar-refractivity contribution is 6.06. The van der Waals surface area contributed by atoms with Crippen LogP contribution in [0, 0.1) is 0 Å². The third-order valence-corrected chi connectivity index (χ3v) is 7.40. The number of fused-ring (bicyclic) bond motifs is 1. The van der Waals surface area contributed by atoms with E-state index >= 15 is 0 Å². The van der Waals surface area contributed by atoms with Gasteiger partial charge >= 0.3 is 6.09 Å². The van der Waals surface area contributed by atoms with Crippen LogP contribution in [-0.2, 0) is 20.8 Å². The van der Waals surface area contributed by atoms with E-state index in [9.17, 15) is 18.4 Å². The Hall–Kier alpha value is -4.81. The molecule has 0 atom stereocenters. The molecule has 2 amide bonds. The second-order valence-corrected chi connectivity index (χ2v) is 11.8. The summed E-state index contributed by atoms with van der Waals surface area (Å²) >= 11 is 0. The smallest absolute Gasteiger partial charge is 0.410 e. The average molecular weight is 608 g/mol. The molecule has 0 aliphatic carbocycles. The molecule has 2 aliphatic heterocycles. The third-order valence-electron chi connectivity index (χ3n) is 7.40. The van der Waals surface area contributed by atoms with Gasteiger partial charge in [0.2, 0.25) is 11.8 Å². The Balaban J connectivity index is 1.25. The number of carbonyl (C=O) groups excluding carboxylic acids is 2. The highest BCUT2D eigenvalue weighted by Gasteiger charge is 2.45. The van der Waals surface area contributed by atoms with Gasteiger partial charge in [-0.15, -0.1) is 5.10 Å². The number of benzene rings is 2. The molecule has 44 heavy (non-hydrogen) atoms. The van der Waals surface area contributed by atoms with Gasteiger partial charge in [-0.05, 0) is 63.4 Å². The molecule has 2 aliphatic rings. The van der Waals surface area contributed by atoms with Gasteiger partial charge in [0.15, 0.2) is 5.76 Å². The number of piperidine rings is 1. The van der Waals surface area contributed by atoms with E-state index < -0.39 is 23.3 Å². The van der Waals surface area contributed by atoms with Gasteiger partial charge in [0, 0.05) is 31.3 Å². The van der Waals surface area contributed by atoms with E-state index in [1.54, 1.807) is 21.7 Å².